The van der Waals surface area contributed by atoms with E-state index in [1.165, 1.54) is 11.0 Å². The fraction of sp³-hybridized carbons (Fsp3) is 0.263. The molecule has 0 fully saturated rings. The molecule has 1 atom stereocenters. The lowest BCUT2D eigenvalue weighted by molar-refractivity contribution is 0.0916. The first kappa shape index (κ1) is 17.8. The number of nitrogens with one attached hydrogen (secondary N) is 1. The zero-order valence-electron chi connectivity index (χ0n) is 14.8. The summed E-state index contributed by atoms with van der Waals surface area (Å²) in [6.07, 6.45) is 2.01. The van der Waals surface area contributed by atoms with Gasteiger partial charge in [-0.05, 0) is 53.5 Å². The maximum Gasteiger partial charge on any atom is 0.253 e. The van der Waals surface area contributed by atoms with Crippen molar-refractivity contribution in [1.29, 1.82) is 0 Å². The van der Waals surface area contributed by atoms with Gasteiger partial charge in [0.15, 0.2) is 0 Å². The maximum atomic E-state index is 12.9. The molecule has 0 aliphatic rings. The van der Waals surface area contributed by atoms with E-state index in [9.17, 15) is 9.90 Å². The van der Waals surface area contributed by atoms with Gasteiger partial charge in [-0.2, -0.15) is 4.68 Å². The van der Waals surface area contributed by atoms with E-state index in [4.69, 9.17) is 0 Å². The van der Waals surface area contributed by atoms with Crippen molar-refractivity contribution >= 4 is 5.91 Å². The Balaban J connectivity index is 1.86. The summed E-state index contributed by atoms with van der Waals surface area (Å²) < 4.78 is 1.49. The fourth-order valence-corrected chi connectivity index (χ4v) is 2.87. The van der Waals surface area contributed by atoms with E-state index in [1.807, 2.05) is 50.2 Å². The largest absolute Gasteiger partial charge is 0.394 e. The van der Waals surface area contributed by atoms with Crippen molar-refractivity contribution in [1.82, 2.24) is 25.5 Å². The van der Waals surface area contributed by atoms with Crippen LogP contribution in [-0.2, 0) is 6.42 Å². The van der Waals surface area contributed by atoms with Crippen molar-refractivity contribution in [3.63, 3.8) is 0 Å². The van der Waals surface area contributed by atoms with Crippen molar-refractivity contribution in [2.24, 2.45) is 0 Å². The molecule has 0 saturated heterocycles. The van der Waals surface area contributed by atoms with Crippen molar-refractivity contribution in [3.8, 4) is 5.69 Å². The summed E-state index contributed by atoms with van der Waals surface area (Å²) >= 11 is 0. The van der Waals surface area contributed by atoms with Crippen molar-refractivity contribution in [2.45, 2.75) is 26.3 Å². The molecule has 2 aromatic carbocycles. The molecule has 0 aliphatic heterocycles. The van der Waals surface area contributed by atoms with E-state index in [2.05, 4.69) is 20.8 Å². The second kappa shape index (κ2) is 7.88. The molecule has 0 bridgehead atoms. The van der Waals surface area contributed by atoms with Crippen molar-refractivity contribution < 1.29 is 9.90 Å². The minimum Gasteiger partial charge on any atom is -0.394 e. The van der Waals surface area contributed by atoms with Gasteiger partial charge in [-0.25, -0.2) is 0 Å². The molecule has 7 heteroatoms. The number of tetrazole rings is 1. The molecule has 134 valence electrons. The van der Waals surface area contributed by atoms with Crippen LogP contribution in [-0.4, -0.2) is 43.9 Å². The smallest absolute Gasteiger partial charge is 0.253 e. The minimum absolute atomic E-state index is 0.147. The van der Waals surface area contributed by atoms with Crippen LogP contribution >= 0.6 is 0 Å². The van der Waals surface area contributed by atoms with E-state index in [0.29, 0.717) is 17.7 Å². The fourth-order valence-electron chi connectivity index (χ4n) is 2.87. The summed E-state index contributed by atoms with van der Waals surface area (Å²) in [4.78, 5) is 12.9. The topological polar surface area (TPSA) is 92.9 Å². The third-order valence-corrected chi connectivity index (χ3v) is 4.41. The average molecular weight is 351 g/mol. The van der Waals surface area contributed by atoms with Crippen LogP contribution in [0.2, 0.25) is 0 Å². The average Bonchev–Trinajstić information content (AvgIpc) is 3.18. The highest BCUT2D eigenvalue weighted by molar-refractivity contribution is 5.98. The van der Waals surface area contributed by atoms with Gasteiger partial charge < -0.3 is 10.4 Å². The number of amides is 1. The third-order valence-electron chi connectivity index (χ3n) is 4.41. The van der Waals surface area contributed by atoms with E-state index in [1.54, 1.807) is 6.07 Å². The van der Waals surface area contributed by atoms with Gasteiger partial charge in [0.05, 0.1) is 23.9 Å². The van der Waals surface area contributed by atoms with E-state index in [0.717, 1.165) is 16.7 Å². The zero-order valence-corrected chi connectivity index (χ0v) is 14.8. The summed E-state index contributed by atoms with van der Waals surface area (Å²) in [5.74, 6) is -0.270. The Morgan fingerprint density at radius 3 is 2.62 bits per heavy atom. The van der Waals surface area contributed by atoms with Gasteiger partial charge in [0, 0.05) is 0 Å². The molecule has 0 spiro atoms. The standard InChI is InChI=1S/C19H21N5O2/c1-13-8-9-17(18(14(13)2)24-12-20-22-23-24)19(26)21-16(11-25)10-15-6-4-3-5-7-15/h3-9,12,16,25H,10-11H2,1-2H3,(H,21,26)/t16-/m1/s1. The van der Waals surface area contributed by atoms with Gasteiger partial charge in [0.25, 0.3) is 5.91 Å². The lowest BCUT2D eigenvalue weighted by Crippen LogP contribution is -2.39. The molecule has 26 heavy (non-hydrogen) atoms. The number of rotatable bonds is 6. The highest BCUT2D eigenvalue weighted by Crippen LogP contribution is 2.22. The van der Waals surface area contributed by atoms with E-state index >= 15 is 0 Å². The van der Waals surface area contributed by atoms with Gasteiger partial charge >= 0.3 is 0 Å². The predicted molar refractivity (Wildman–Crippen MR) is 97.1 cm³/mol. The van der Waals surface area contributed by atoms with Crippen LogP contribution in [0.4, 0.5) is 0 Å². The van der Waals surface area contributed by atoms with E-state index in [-0.39, 0.29) is 18.6 Å². The van der Waals surface area contributed by atoms with Gasteiger partial charge in [0.1, 0.15) is 6.33 Å². The molecule has 0 radical (unpaired) electrons. The Morgan fingerprint density at radius 2 is 1.96 bits per heavy atom. The van der Waals surface area contributed by atoms with Gasteiger partial charge in [-0.1, -0.05) is 36.4 Å². The molecule has 0 saturated carbocycles. The van der Waals surface area contributed by atoms with Crippen molar-refractivity contribution in [2.75, 3.05) is 6.61 Å². The van der Waals surface area contributed by atoms with Crippen LogP contribution < -0.4 is 5.32 Å². The first-order chi connectivity index (χ1) is 12.6. The summed E-state index contributed by atoms with van der Waals surface area (Å²) in [5, 5.41) is 23.8. The lowest BCUT2D eigenvalue weighted by Gasteiger charge is -2.19. The highest BCUT2D eigenvalue weighted by atomic mass is 16.3. The Hall–Kier alpha value is -3.06. The number of aliphatic hydroxyl groups is 1. The first-order valence-electron chi connectivity index (χ1n) is 8.39. The van der Waals surface area contributed by atoms with Crippen LogP contribution in [0.15, 0.2) is 48.8 Å². The molecule has 0 unspecified atom stereocenters. The molecule has 1 amide bonds. The molecule has 0 aliphatic carbocycles. The lowest BCUT2D eigenvalue weighted by atomic mass is 10.0. The molecule has 1 heterocycles. The number of nitrogens with zero attached hydrogens (tertiary/aromatic N) is 4. The number of hydrogen-bond donors (Lipinski definition) is 2. The Kier molecular flexibility index (Phi) is 5.38. The number of benzene rings is 2. The number of carbonyl (C=O) groups excluding carboxylic acids is 1. The minimum atomic E-state index is -0.381. The quantitative estimate of drug-likeness (QED) is 0.704. The molecular formula is C19H21N5O2. The summed E-state index contributed by atoms with van der Waals surface area (Å²) in [6.45, 7) is 3.75. The third kappa shape index (κ3) is 3.78. The van der Waals surface area contributed by atoms with Gasteiger partial charge in [-0.3, -0.25) is 4.79 Å². The Morgan fingerprint density at radius 1 is 1.19 bits per heavy atom. The molecule has 3 aromatic rings. The molecule has 3 rings (SSSR count). The predicted octanol–water partition coefficient (Wildman–Crippen LogP) is 1.61. The van der Waals surface area contributed by atoms with Crippen LogP contribution in [0, 0.1) is 13.8 Å². The second-order valence-corrected chi connectivity index (χ2v) is 6.20. The normalized spacial score (nSPS) is 12.0. The zero-order chi connectivity index (χ0) is 18.5. The first-order valence-corrected chi connectivity index (χ1v) is 8.39. The Bertz CT molecular complexity index is 878. The Labute approximate surface area is 151 Å². The molecular weight excluding hydrogens is 330 g/mol. The van der Waals surface area contributed by atoms with Gasteiger partial charge in [-0.15, -0.1) is 5.10 Å². The monoisotopic (exact) mass is 351 g/mol. The van der Waals surface area contributed by atoms with Crippen LogP contribution in [0.5, 0.6) is 0 Å². The maximum absolute atomic E-state index is 12.9. The summed E-state index contributed by atoms with van der Waals surface area (Å²) in [6, 6.07) is 13.0. The molecule has 7 nitrogen and oxygen atoms in total. The molecule has 2 N–H and O–H groups in total. The number of aliphatic hydroxyl groups excluding tert-OH is 1. The SMILES string of the molecule is Cc1ccc(C(=O)N[C@@H](CO)Cc2ccccc2)c(-n2cnnn2)c1C. The van der Waals surface area contributed by atoms with Crippen LogP contribution in [0.25, 0.3) is 5.69 Å². The second-order valence-electron chi connectivity index (χ2n) is 6.20. The van der Waals surface area contributed by atoms with Gasteiger partial charge in [0.2, 0.25) is 0 Å². The number of hydrogen-bond acceptors (Lipinski definition) is 5. The summed E-state index contributed by atoms with van der Waals surface area (Å²) in [5.41, 5.74) is 4.12. The van der Waals surface area contributed by atoms with Crippen molar-refractivity contribution in [3.05, 3.63) is 71.0 Å². The highest BCUT2D eigenvalue weighted by Gasteiger charge is 2.20. The number of carbonyl (C=O) groups is 1. The van der Waals surface area contributed by atoms with Crippen LogP contribution in [0.1, 0.15) is 27.0 Å². The molecule has 1 aromatic heterocycles. The van der Waals surface area contributed by atoms with Crippen LogP contribution in [0.3, 0.4) is 0 Å². The number of aryl methyl sites for hydroxylation is 1. The summed E-state index contributed by atoms with van der Waals surface area (Å²) in [7, 11) is 0. The van der Waals surface area contributed by atoms with E-state index < -0.39 is 0 Å². The number of aromatic nitrogens is 4.